The molecule has 0 saturated heterocycles. The zero-order valence-electron chi connectivity index (χ0n) is 4.50. The van der Waals surface area contributed by atoms with Crippen molar-refractivity contribution in [3.8, 4) is 0 Å². The Kier molecular flexibility index (Phi) is 3.61. The molecule has 0 aromatic heterocycles. The highest BCUT2D eigenvalue weighted by Crippen LogP contribution is 2.20. The van der Waals surface area contributed by atoms with Crippen molar-refractivity contribution in [3.05, 3.63) is 0 Å². The van der Waals surface area contributed by atoms with E-state index in [1.807, 2.05) is 0 Å². The van der Waals surface area contributed by atoms with Crippen molar-refractivity contribution >= 4 is 18.9 Å². The highest BCUT2D eigenvalue weighted by molar-refractivity contribution is 5.85. The third-order valence-electron chi connectivity index (χ3n) is 1.30. The zero-order valence-corrected chi connectivity index (χ0v) is 5.32. The topological polar surface area (TPSA) is 26.3 Å². The molecule has 2 nitrogen and oxygen atoms in total. The average molecular weight is 137 g/mol. The van der Waals surface area contributed by atoms with Gasteiger partial charge in [-0.25, -0.2) is 0 Å². The van der Waals surface area contributed by atoms with E-state index in [-0.39, 0.29) is 18.5 Å². The van der Waals surface area contributed by atoms with Crippen LogP contribution >= 0.6 is 12.4 Å². The molecule has 0 N–H and O–H groups in total. The van der Waals surface area contributed by atoms with Crippen LogP contribution in [0.25, 0.3) is 0 Å². The van der Waals surface area contributed by atoms with E-state index in [9.17, 15) is 4.79 Å². The Hall–Kier alpha value is -0.240. The quantitative estimate of drug-likeness (QED) is 0.532. The number of rotatable bonds is 2. The molecular formula is C5H9ClO2. The molecule has 0 heterocycles. The van der Waals surface area contributed by atoms with Crippen LogP contribution in [0.15, 0.2) is 0 Å². The van der Waals surface area contributed by atoms with Crippen molar-refractivity contribution in [2.45, 2.75) is 25.4 Å². The summed E-state index contributed by atoms with van der Waals surface area (Å²) in [4.78, 5) is 9.59. The first-order valence-electron chi connectivity index (χ1n) is 2.52. The van der Waals surface area contributed by atoms with E-state index in [2.05, 4.69) is 4.74 Å². The standard InChI is InChI=1S/C5H8O2.ClH/c6-4-7-5-2-1-3-5;/h4-5H,1-3H2;1H. The van der Waals surface area contributed by atoms with E-state index in [0.29, 0.717) is 6.47 Å². The van der Waals surface area contributed by atoms with Crippen molar-refractivity contribution in [1.29, 1.82) is 0 Å². The summed E-state index contributed by atoms with van der Waals surface area (Å²) in [6.07, 6.45) is 3.62. The first kappa shape index (κ1) is 7.76. The third kappa shape index (κ3) is 1.70. The Labute approximate surface area is 54.6 Å². The minimum atomic E-state index is 0. The summed E-state index contributed by atoms with van der Waals surface area (Å²) in [6.45, 7) is 0.532. The summed E-state index contributed by atoms with van der Waals surface area (Å²) in [6, 6.07) is 0. The molecule has 48 valence electrons. The molecule has 1 aliphatic carbocycles. The van der Waals surface area contributed by atoms with Crippen LogP contribution in [0.3, 0.4) is 0 Å². The number of hydrogen-bond acceptors (Lipinski definition) is 2. The molecule has 0 spiro atoms. The van der Waals surface area contributed by atoms with E-state index in [1.165, 1.54) is 6.42 Å². The molecule has 0 aromatic rings. The van der Waals surface area contributed by atoms with Crippen LogP contribution in [-0.2, 0) is 9.53 Å². The summed E-state index contributed by atoms with van der Waals surface area (Å²) >= 11 is 0. The molecule has 0 radical (unpaired) electrons. The maximum absolute atomic E-state index is 9.59. The number of ether oxygens (including phenoxy) is 1. The molecule has 0 bridgehead atoms. The third-order valence-corrected chi connectivity index (χ3v) is 1.30. The van der Waals surface area contributed by atoms with Gasteiger partial charge in [0.05, 0.1) is 0 Å². The zero-order chi connectivity index (χ0) is 5.11. The fourth-order valence-corrected chi connectivity index (χ4v) is 0.585. The Morgan fingerprint density at radius 2 is 2.12 bits per heavy atom. The average Bonchev–Trinajstić information content (AvgIpc) is 1.55. The molecule has 1 saturated carbocycles. The fraction of sp³-hybridized carbons (Fsp3) is 0.800. The van der Waals surface area contributed by atoms with Gasteiger partial charge >= 0.3 is 0 Å². The van der Waals surface area contributed by atoms with Crippen LogP contribution < -0.4 is 0 Å². The van der Waals surface area contributed by atoms with Gasteiger partial charge in [0.25, 0.3) is 6.47 Å². The van der Waals surface area contributed by atoms with Gasteiger partial charge in [0, 0.05) is 0 Å². The summed E-state index contributed by atoms with van der Waals surface area (Å²) < 4.78 is 4.60. The van der Waals surface area contributed by atoms with Crippen LogP contribution in [0.4, 0.5) is 0 Å². The Morgan fingerprint density at radius 3 is 2.25 bits per heavy atom. The van der Waals surface area contributed by atoms with E-state index >= 15 is 0 Å². The van der Waals surface area contributed by atoms with Gasteiger partial charge in [0.1, 0.15) is 6.10 Å². The summed E-state index contributed by atoms with van der Waals surface area (Å²) in [5.41, 5.74) is 0. The lowest BCUT2D eigenvalue weighted by atomic mass is 9.96. The maximum Gasteiger partial charge on any atom is 0.293 e. The van der Waals surface area contributed by atoms with Gasteiger partial charge in [-0.2, -0.15) is 0 Å². The van der Waals surface area contributed by atoms with Gasteiger partial charge in [-0.3, -0.25) is 4.79 Å². The van der Waals surface area contributed by atoms with Gasteiger partial charge in [0.15, 0.2) is 0 Å². The van der Waals surface area contributed by atoms with Gasteiger partial charge in [-0.15, -0.1) is 12.4 Å². The lowest BCUT2D eigenvalue weighted by Crippen LogP contribution is -2.20. The second-order valence-electron chi connectivity index (χ2n) is 1.79. The molecule has 0 unspecified atom stereocenters. The van der Waals surface area contributed by atoms with Gasteiger partial charge < -0.3 is 4.74 Å². The number of carbonyl (C=O) groups is 1. The highest BCUT2D eigenvalue weighted by Gasteiger charge is 2.17. The Morgan fingerprint density at radius 1 is 1.50 bits per heavy atom. The first-order chi connectivity index (χ1) is 3.43. The second kappa shape index (κ2) is 3.72. The molecule has 0 amide bonds. The van der Waals surface area contributed by atoms with Crippen molar-refractivity contribution in [1.82, 2.24) is 0 Å². The Balaban J connectivity index is 0.000000490. The van der Waals surface area contributed by atoms with Crippen LogP contribution in [0, 0.1) is 0 Å². The normalized spacial score (nSPS) is 18.0. The SMILES string of the molecule is Cl.O=COC1CCC1. The summed E-state index contributed by atoms with van der Waals surface area (Å²) in [5.74, 6) is 0. The van der Waals surface area contributed by atoms with Gasteiger partial charge in [0.2, 0.25) is 0 Å². The second-order valence-corrected chi connectivity index (χ2v) is 1.79. The van der Waals surface area contributed by atoms with Crippen LogP contribution in [0.5, 0.6) is 0 Å². The van der Waals surface area contributed by atoms with Crippen LogP contribution in [0.2, 0.25) is 0 Å². The van der Waals surface area contributed by atoms with E-state index in [0.717, 1.165) is 12.8 Å². The largest absolute Gasteiger partial charge is 0.465 e. The van der Waals surface area contributed by atoms with Crippen molar-refractivity contribution < 1.29 is 9.53 Å². The molecule has 3 heteroatoms. The van der Waals surface area contributed by atoms with Crippen LogP contribution in [0.1, 0.15) is 19.3 Å². The van der Waals surface area contributed by atoms with E-state index in [4.69, 9.17) is 0 Å². The number of halogens is 1. The molecule has 1 aliphatic rings. The Bertz CT molecular complexity index is 70.8. The van der Waals surface area contributed by atoms with Gasteiger partial charge in [-0.05, 0) is 19.3 Å². The molecule has 0 atom stereocenters. The summed E-state index contributed by atoms with van der Waals surface area (Å²) in [7, 11) is 0. The smallest absolute Gasteiger partial charge is 0.293 e. The lowest BCUT2D eigenvalue weighted by Gasteiger charge is -2.22. The number of carbonyl (C=O) groups excluding carboxylic acids is 1. The molecule has 0 aromatic carbocycles. The van der Waals surface area contributed by atoms with Crippen molar-refractivity contribution in [3.63, 3.8) is 0 Å². The molecule has 1 fully saturated rings. The van der Waals surface area contributed by atoms with Crippen LogP contribution in [-0.4, -0.2) is 12.6 Å². The van der Waals surface area contributed by atoms with Crippen molar-refractivity contribution in [2.24, 2.45) is 0 Å². The number of hydrogen-bond donors (Lipinski definition) is 0. The van der Waals surface area contributed by atoms with Crippen molar-refractivity contribution in [2.75, 3.05) is 0 Å². The van der Waals surface area contributed by atoms with E-state index < -0.39 is 0 Å². The molecule has 8 heavy (non-hydrogen) atoms. The summed E-state index contributed by atoms with van der Waals surface area (Å²) in [5, 5.41) is 0. The predicted octanol–water partition coefficient (Wildman–Crippen LogP) is 1.13. The minimum Gasteiger partial charge on any atom is -0.465 e. The molecule has 0 aliphatic heterocycles. The lowest BCUT2D eigenvalue weighted by molar-refractivity contribution is -0.137. The van der Waals surface area contributed by atoms with Gasteiger partial charge in [-0.1, -0.05) is 0 Å². The maximum atomic E-state index is 9.59. The first-order valence-corrected chi connectivity index (χ1v) is 2.52. The van der Waals surface area contributed by atoms with E-state index in [1.54, 1.807) is 0 Å². The molecule has 1 rings (SSSR count). The minimum absolute atomic E-state index is 0. The highest BCUT2D eigenvalue weighted by atomic mass is 35.5. The fourth-order valence-electron chi connectivity index (χ4n) is 0.585. The molecular weight excluding hydrogens is 128 g/mol. The predicted molar refractivity (Wildman–Crippen MR) is 32.0 cm³/mol. The monoisotopic (exact) mass is 136 g/mol.